The van der Waals surface area contributed by atoms with Gasteiger partial charge in [0, 0.05) is 37.9 Å². The summed E-state index contributed by atoms with van der Waals surface area (Å²) in [7, 11) is 0. The van der Waals surface area contributed by atoms with Crippen molar-refractivity contribution in [3.63, 3.8) is 0 Å². The lowest BCUT2D eigenvalue weighted by atomic mass is 10.2. The first-order valence-electron chi connectivity index (χ1n) is 7.55. The first-order valence-corrected chi connectivity index (χ1v) is 7.55. The van der Waals surface area contributed by atoms with Crippen LogP contribution in [0.25, 0.3) is 6.08 Å². The highest BCUT2D eigenvalue weighted by Crippen LogP contribution is 2.31. The maximum atomic E-state index is 10.5. The smallest absolute Gasteiger partial charge is 0.328 e. The normalized spacial score (nSPS) is 22.8. The Kier molecular flexibility index (Phi) is 4.20. The van der Waals surface area contributed by atoms with Crippen molar-refractivity contribution in [1.82, 2.24) is 9.88 Å². The summed E-state index contributed by atoms with van der Waals surface area (Å²) in [6.45, 7) is 3.52. The number of aromatic nitrogens is 1. The van der Waals surface area contributed by atoms with Crippen LogP contribution >= 0.6 is 0 Å². The van der Waals surface area contributed by atoms with E-state index in [1.54, 1.807) is 12.3 Å². The highest BCUT2D eigenvalue weighted by Gasteiger charge is 2.29. The molecule has 0 radical (unpaired) electrons. The molecule has 5 nitrogen and oxygen atoms in total. The Hall–Kier alpha value is -1.88. The molecule has 5 heteroatoms. The van der Waals surface area contributed by atoms with E-state index in [1.165, 1.54) is 25.9 Å². The predicted octanol–water partition coefficient (Wildman–Crippen LogP) is 2.08. The molecule has 1 saturated carbocycles. The molecule has 0 amide bonds. The van der Waals surface area contributed by atoms with Crippen LogP contribution in [0.3, 0.4) is 0 Å². The zero-order valence-electron chi connectivity index (χ0n) is 12.0. The van der Waals surface area contributed by atoms with Crippen molar-refractivity contribution in [3.8, 4) is 0 Å². The van der Waals surface area contributed by atoms with E-state index in [0.717, 1.165) is 36.3 Å². The molecule has 112 valence electrons. The number of rotatable bonds is 6. The molecule has 0 unspecified atom stereocenters. The van der Waals surface area contributed by atoms with Crippen LogP contribution in [-0.2, 0) is 4.79 Å². The lowest BCUT2D eigenvalue weighted by Gasteiger charge is -2.16. The van der Waals surface area contributed by atoms with Crippen LogP contribution in [0.4, 0.5) is 5.82 Å². The first-order chi connectivity index (χ1) is 10.2. The van der Waals surface area contributed by atoms with Crippen LogP contribution in [-0.4, -0.2) is 46.6 Å². The summed E-state index contributed by atoms with van der Waals surface area (Å²) < 4.78 is 0. The summed E-state index contributed by atoms with van der Waals surface area (Å²) >= 11 is 0. The van der Waals surface area contributed by atoms with Crippen LogP contribution in [0.1, 0.15) is 24.8 Å². The van der Waals surface area contributed by atoms with Crippen molar-refractivity contribution in [2.24, 2.45) is 5.92 Å². The molecule has 2 N–H and O–H groups in total. The van der Waals surface area contributed by atoms with Crippen molar-refractivity contribution in [3.05, 3.63) is 30.0 Å². The van der Waals surface area contributed by atoms with Crippen LogP contribution in [0.15, 0.2) is 24.4 Å². The Morgan fingerprint density at radius 3 is 2.95 bits per heavy atom. The fraction of sp³-hybridized carbons (Fsp3) is 0.500. The lowest BCUT2D eigenvalue weighted by molar-refractivity contribution is -0.131. The Morgan fingerprint density at radius 2 is 2.29 bits per heavy atom. The van der Waals surface area contributed by atoms with E-state index >= 15 is 0 Å². The van der Waals surface area contributed by atoms with E-state index in [0.29, 0.717) is 6.04 Å². The molecular weight excluding hydrogens is 266 g/mol. The van der Waals surface area contributed by atoms with Crippen LogP contribution < -0.4 is 5.32 Å². The van der Waals surface area contributed by atoms with Gasteiger partial charge in [0.15, 0.2) is 0 Å². The number of hydrogen-bond acceptors (Lipinski definition) is 4. The molecule has 1 saturated heterocycles. The number of carbonyl (C=O) groups is 1. The fourth-order valence-electron chi connectivity index (χ4n) is 2.75. The van der Waals surface area contributed by atoms with Gasteiger partial charge >= 0.3 is 5.97 Å². The molecule has 1 atom stereocenters. The van der Waals surface area contributed by atoms with E-state index in [2.05, 4.69) is 15.2 Å². The molecule has 2 fully saturated rings. The molecule has 21 heavy (non-hydrogen) atoms. The number of pyridine rings is 1. The minimum absolute atomic E-state index is 0.469. The Labute approximate surface area is 124 Å². The quantitative estimate of drug-likeness (QED) is 0.784. The second-order valence-corrected chi connectivity index (χ2v) is 5.98. The number of hydrogen-bond donors (Lipinski definition) is 2. The Morgan fingerprint density at radius 1 is 1.43 bits per heavy atom. The topological polar surface area (TPSA) is 65.5 Å². The molecule has 1 aliphatic carbocycles. The minimum Gasteiger partial charge on any atom is -0.478 e. The maximum absolute atomic E-state index is 10.5. The van der Waals surface area contributed by atoms with Gasteiger partial charge in [-0.1, -0.05) is 0 Å². The predicted molar refractivity (Wildman–Crippen MR) is 82.1 cm³/mol. The average Bonchev–Trinajstić information content (AvgIpc) is 3.17. The first kappa shape index (κ1) is 14.1. The van der Waals surface area contributed by atoms with Gasteiger partial charge in [-0.25, -0.2) is 9.78 Å². The van der Waals surface area contributed by atoms with Crippen molar-refractivity contribution < 1.29 is 9.90 Å². The van der Waals surface area contributed by atoms with Crippen molar-refractivity contribution >= 4 is 17.9 Å². The SMILES string of the molecule is O=C(O)/C=C/c1ccc(N[C@@H]2CCN(CC3CC3)C2)nc1. The van der Waals surface area contributed by atoms with E-state index < -0.39 is 5.97 Å². The third-order valence-electron chi connectivity index (χ3n) is 4.04. The van der Waals surface area contributed by atoms with Gasteiger partial charge in [-0.05, 0) is 49.0 Å². The number of carboxylic acid groups (broad SMARTS) is 1. The molecule has 1 aliphatic heterocycles. The van der Waals surface area contributed by atoms with Gasteiger partial charge in [0.05, 0.1) is 0 Å². The number of anilines is 1. The molecule has 0 aromatic carbocycles. The summed E-state index contributed by atoms with van der Waals surface area (Å²) in [5.41, 5.74) is 0.796. The van der Waals surface area contributed by atoms with Crippen LogP contribution in [0.2, 0.25) is 0 Å². The minimum atomic E-state index is -0.945. The van der Waals surface area contributed by atoms with Crippen molar-refractivity contribution in [2.45, 2.75) is 25.3 Å². The zero-order valence-corrected chi connectivity index (χ0v) is 12.0. The molecule has 0 bridgehead atoms. The second-order valence-electron chi connectivity index (χ2n) is 5.98. The third-order valence-corrected chi connectivity index (χ3v) is 4.04. The van der Waals surface area contributed by atoms with Gasteiger partial charge < -0.3 is 15.3 Å². The van der Waals surface area contributed by atoms with E-state index in [4.69, 9.17) is 5.11 Å². The monoisotopic (exact) mass is 287 g/mol. The lowest BCUT2D eigenvalue weighted by Crippen LogP contribution is -2.28. The molecule has 2 aliphatic rings. The molecule has 1 aromatic rings. The molecule has 0 spiro atoms. The highest BCUT2D eigenvalue weighted by molar-refractivity contribution is 5.85. The van der Waals surface area contributed by atoms with Crippen LogP contribution in [0.5, 0.6) is 0 Å². The molecule has 3 rings (SSSR count). The standard InChI is InChI=1S/C16H21N3O2/c20-16(21)6-4-12-3-5-15(17-9-12)18-14-7-8-19(11-14)10-13-1-2-13/h3-6,9,13-14H,1-2,7-8,10-11H2,(H,17,18)(H,20,21)/b6-4+/t14-/m1/s1. The van der Waals surface area contributed by atoms with Crippen LogP contribution in [0, 0.1) is 5.92 Å². The van der Waals surface area contributed by atoms with Gasteiger partial charge in [-0.2, -0.15) is 0 Å². The Balaban J connectivity index is 1.49. The van der Waals surface area contributed by atoms with Crippen molar-refractivity contribution in [2.75, 3.05) is 25.0 Å². The third kappa shape index (κ3) is 4.29. The zero-order chi connectivity index (χ0) is 14.7. The summed E-state index contributed by atoms with van der Waals surface area (Å²) in [6.07, 6.45) is 8.33. The fourth-order valence-corrected chi connectivity index (χ4v) is 2.75. The second kappa shape index (κ2) is 6.26. The average molecular weight is 287 g/mol. The summed E-state index contributed by atoms with van der Waals surface area (Å²) in [5.74, 6) is 0.863. The maximum Gasteiger partial charge on any atom is 0.328 e. The van der Waals surface area contributed by atoms with Gasteiger partial charge in [-0.3, -0.25) is 0 Å². The summed E-state index contributed by atoms with van der Waals surface area (Å²) in [5, 5.41) is 12.0. The highest BCUT2D eigenvalue weighted by atomic mass is 16.4. The van der Waals surface area contributed by atoms with Gasteiger partial charge in [-0.15, -0.1) is 0 Å². The van der Waals surface area contributed by atoms with E-state index in [-0.39, 0.29) is 0 Å². The largest absolute Gasteiger partial charge is 0.478 e. The number of nitrogens with one attached hydrogen (secondary N) is 1. The molecular formula is C16H21N3O2. The number of carboxylic acids is 1. The molecule has 1 aromatic heterocycles. The number of aliphatic carboxylic acids is 1. The van der Waals surface area contributed by atoms with Gasteiger partial charge in [0.25, 0.3) is 0 Å². The Bertz CT molecular complexity index is 523. The molecule has 2 heterocycles. The van der Waals surface area contributed by atoms with E-state index in [9.17, 15) is 4.79 Å². The van der Waals surface area contributed by atoms with Gasteiger partial charge in [0.1, 0.15) is 5.82 Å². The van der Waals surface area contributed by atoms with Crippen molar-refractivity contribution in [1.29, 1.82) is 0 Å². The summed E-state index contributed by atoms with van der Waals surface area (Å²) in [6, 6.07) is 4.26. The van der Waals surface area contributed by atoms with E-state index in [1.807, 2.05) is 12.1 Å². The number of likely N-dealkylation sites (tertiary alicyclic amines) is 1. The number of nitrogens with zero attached hydrogens (tertiary/aromatic N) is 2. The van der Waals surface area contributed by atoms with Gasteiger partial charge in [0.2, 0.25) is 0 Å². The summed E-state index contributed by atoms with van der Waals surface area (Å²) in [4.78, 5) is 17.3.